The second-order valence-electron chi connectivity index (χ2n) is 5.19. The van der Waals surface area contributed by atoms with E-state index in [9.17, 15) is 9.59 Å². The Morgan fingerprint density at radius 2 is 1.90 bits per heavy atom. The summed E-state index contributed by atoms with van der Waals surface area (Å²) in [5.74, 6) is -0.213. The monoisotopic (exact) mass is 305 g/mol. The first kappa shape index (κ1) is 15.4. The summed E-state index contributed by atoms with van der Waals surface area (Å²) in [6.07, 6.45) is 2.08. The van der Waals surface area contributed by atoms with Gasteiger partial charge in [0.1, 0.15) is 4.99 Å². The molecule has 2 N–H and O–H groups in total. The van der Waals surface area contributed by atoms with Gasteiger partial charge in [0.05, 0.1) is 6.54 Å². The lowest BCUT2D eigenvalue weighted by molar-refractivity contribution is -0.130. The minimum absolute atomic E-state index is 0.00569. The number of hydrogen-bond donors (Lipinski definition) is 1. The zero-order valence-electron chi connectivity index (χ0n) is 12.0. The summed E-state index contributed by atoms with van der Waals surface area (Å²) < 4.78 is 0. The number of hydrogen-bond acceptors (Lipinski definition) is 3. The quantitative estimate of drug-likeness (QED) is 0.843. The number of amides is 2. The van der Waals surface area contributed by atoms with Gasteiger partial charge in [0.15, 0.2) is 0 Å². The smallest absolute Gasteiger partial charge is 0.254 e. The van der Waals surface area contributed by atoms with E-state index in [4.69, 9.17) is 18.0 Å². The highest BCUT2D eigenvalue weighted by molar-refractivity contribution is 7.80. The number of carbonyl (C=O) groups is 2. The van der Waals surface area contributed by atoms with E-state index in [0.29, 0.717) is 11.1 Å². The fourth-order valence-corrected chi connectivity index (χ4v) is 2.49. The average molecular weight is 305 g/mol. The van der Waals surface area contributed by atoms with Crippen LogP contribution in [0.4, 0.5) is 0 Å². The molecule has 0 aromatic heterocycles. The predicted octanol–water partition coefficient (Wildman–Crippen LogP) is 1.02. The van der Waals surface area contributed by atoms with Crippen LogP contribution in [0.3, 0.4) is 0 Å². The summed E-state index contributed by atoms with van der Waals surface area (Å²) >= 11 is 4.91. The molecule has 5 nitrogen and oxygen atoms in total. The van der Waals surface area contributed by atoms with Crippen LogP contribution in [0.2, 0.25) is 0 Å². The molecule has 1 aliphatic rings. The predicted molar refractivity (Wildman–Crippen MR) is 85.1 cm³/mol. The van der Waals surface area contributed by atoms with Crippen molar-refractivity contribution in [3.8, 4) is 0 Å². The van der Waals surface area contributed by atoms with Crippen molar-refractivity contribution in [1.29, 1.82) is 0 Å². The molecule has 0 atom stereocenters. The van der Waals surface area contributed by atoms with E-state index >= 15 is 0 Å². The van der Waals surface area contributed by atoms with Crippen LogP contribution >= 0.6 is 12.2 Å². The number of nitrogens with zero attached hydrogens (tertiary/aromatic N) is 2. The Morgan fingerprint density at radius 3 is 2.52 bits per heavy atom. The van der Waals surface area contributed by atoms with Crippen molar-refractivity contribution in [2.45, 2.75) is 12.8 Å². The van der Waals surface area contributed by atoms with Gasteiger partial charge >= 0.3 is 0 Å². The molecule has 0 bridgehead atoms. The molecule has 1 saturated heterocycles. The van der Waals surface area contributed by atoms with Crippen LogP contribution in [0.1, 0.15) is 28.8 Å². The molecule has 1 aromatic rings. The normalized spacial score (nSPS) is 14.0. The van der Waals surface area contributed by atoms with Crippen molar-refractivity contribution in [3.05, 3.63) is 35.4 Å². The number of likely N-dealkylation sites (tertiary alicyclic amines) is 1. The van der Waals surface area contributed by atoms with Crippen LogP contribution in [-0.4, -0.2) is 53.3 Å². The summed E-state index contributed by atoms with van der Waals surface area (Å²) in [7, 11) is 1.63. The summed E-state index contributed by atoms with van der Waals surface area (Å²) in [5.41, 5.74) is 6.70. The molecule has 0 unspecified atom stereocenters. The molecule has 2 rings (SSSR count). The Balaban J connectivity index is 2.03. The molecular weight excluding hydrogens is 286 g/mol. The molecule has 0 saturated carbocycles. The summed E-state index contributed by atoms with van der Waals surface area (Å²) in [4.78, 5) is 27.9. The summed E-state index contributed by atoms with van der Waals surface area (Å²) in [5, 5.41) is 0. The van der Waals surface area contributed by atoms with Crippen LogP contribution in [-0.2, 0) is 4.79 Å². The summed E-state index contributed by atoms with van der Waals surface area (Å²) in [6, 6.07) is 6.84. The van der Waals surface area contributed by atoms with E-state index < -0.39 is 0 Å². The number of benzene rings is 1. The lowest BCUT2D eigenvalue weighted by atomic mass is 10.1. The molecule has 0 aliphatic carbocycles. The number of nitrogens with two attached hydrogens (primary N) is 1. The van der Waals surface area contributed by atoms with Gasteiger partial charge in [-0.25, -0.2) is 0 Å². The molecule has 21 heavy (non-hydrogen) atoms. The SMILES string of the molecule is CN(CC(=O)N1CCCC1)C(=O)c1cccc(C(N)=S)c1. The topological polar surface area (TPSA) is 66.6 Å². The highest BCUT2D eigenvalue weighted by atomic mass is 32.1. The largest absolute Gasteiger partial charge is 0.389 e. The Hall–Kier alpha value is -1.95. The number of rotatable bonds is 4. The Morgan fingerprint density at radius 1 is 1.29 bits per heavy atom. The molecule has 0 radical (unpaired) electrons. The van der Waals surface area contributed by atoms with Crippen LogP contribution < -0.4 is 5.73 Å². The molecule has 6 heteroatoms. The molecule has 1 aromatic carbocycles. The number of likely N-dealkylation sites (N-methyl/N-ethyl adjacent to an activating group) is 1. The lowest BCUT2D eigenvalue weighted by Crippen LogP contribution is -2.39. The van der Waals surface area contributed by atoms with Crippen LogP contribution in [0, 0.1) is 0 Å². The van der Waals surface area contributed by atoms with Crippen molar-refractivity contribution in [1.82, 2.24) is 9.80 Å². The van der Waals surface area contributed by atoms with E-state index in [1.54, 1.807) is 36.2 Å². The number of thiocarbonyl (C=S) groups is 1. The van der Waals surface area contributed by atoms with E-state index in [0.717, 1.165) is 25.9 Å². The second-order valence-corrected chi connectivity index (χ2v) is 5.63. The average Bonchev–Trinajstić information content (AvgIpc) is 3.00. The molecule has 1 fully saturated rings. The van der Waals surface area contributed by atoms with Crippen molar-refractivity contribution in [2.75, 3.05) is 26.7 Å². The van der Waals surface area contributed by atoms with Crippen molar-refractivity contribution < 1.29 is 9.59 Å². The first-order valence-electron chi connectivity index (χ1n) is 6.92. The molecule has 112 valence electrons. The Labute approximate surface area is 129 Å². The van der Waals surface area contributed by atoms with Crippen molar-refractivity contribution in [3.63, 3.8) is 0 Å². The highest BCUT2D eigenvalue weighted by Gasteiger charge is 2.21. The van der Waals surface area contributed by atoms with Gasteiger partial charge in [-0.2, -0.15) is 0 Å². The van der Waals surface area contributed by atoms with Gasteiger partial charge in [-0.05, 0) is 25.0 Å². The summed E-state index contributed by atoms with van der Waals surface area (Å²) in [6.45, 7) is 1.67. The zero-order valence-corrected chi connectivity index (χ0v) is 12.9. The minimum Gasteiger partial charge on any atom is -0.389 e. The maximum atomic E-state index is 12.3. The maximum absolute atomic E-state index is 12.3. The zero-order chi connectivity index (χ0) is 15.4. The van der Waals surface area contributed by atoms with Crippen LogP contribution in [0.25, 0.3) is 0 Å². The number of carbonyl (C=O) groups excluding carboxylic acids is 2. The van der Waals surface area contributed by atoms with E-state index in [-0.39, 0.29) is 23.3 Å². The van der Waals surface area contributed by atoms with Gasteiger partial charge in [0.25, 0.3) is 5.91 Å². The van der Waals surface area contributed by atoms with E-state index in [1.165, 1.54) is 4.90 Å². The van der Waals surface area contributed by atoms with E-state index in [2.05, 4.69) is 0 Å². The van der Waals surface area contributed by atoms with Gasteiger partial charge in [-0.1, -0.05) is 24.4 Å². The standard InChI is InChI=1S/C15H19N3O2S/c1-17(10-13(19)18-7-2-3-8-18)15(20)12-6-4-5-11(9-12)14(16)21/h4-6,9H,2-3,7-8,10H2,1H3,(H2,16,21). The van der Waals surface area contributed by atoms with Gasteiger partial charge in [0.2, 0.25) is 5.91 Å². The molecular formula is C15H19N3O2S. The second kappa shape index (κ2) is 6.67. The Bertz CT molecular complexity index is 568. The minimum atomic E-state index is -0.208. The van der Waals surface area contributed by atoms with Crippen LogP contribution in [0.5, 0.6) is 0 Å². The third-order valence-electron chi connectivity index (χ3n) is 3.57. The van der Waals surface area contributed by atoms with Crippen LogP contribution in [0.15, 0.2) is 24.3 Å². The lowest BCUT2D eigenvalue weighted by Gasteiger charge is -2.21. The van der Waals surface area contributed by atoms with Gasteiger partial charge in [-0.3, -0.25) is 9.59 Å². The Kier molecular flexibility index (Phi) is 4.90. The first-order chi connectivity index (χ1) is 9.99. The van der Waals surface area contributed by atoms with Gasteiger partial charge < -0.3 is 15.5 Å². The van der Waals surface area contributed by atoms with E-state index in [1.807, 2.05) is 0 Å². The van der Waals surface area contributed by atoms with Gasteiger partial charge in [-0.15, -0.1) is 0 Å². The third-order valence-corrected chi connectivity index (χ3v) is 3.81. The fourth-order valence-electron chi connectivity index (χ4n) is 2.37. The molecule has 1 heterocycles. The maximum Gasteiger partial charge on any atom is 0.254 e. The highest BCUT2D eigenvalue weighted by Crippen LogP contribution is 2.10. The van der Waals surface area contributed by atoms with Gasteiger partial charge in [0, 0.05) is 31.3 Å². The van der Waals surface area contributed by atoms with Crippen molar-refractivity contribution >= 4 is 29.0 Å². The molecule has 1 aliphatic heterocycles. The first-order valence-corrected chi connectivity index (χ1v) is 7.33. The molecule has 0 spiro atoms. The fraction of sp³-hybridized carbons (Fsp3) is 0.400. The third kappa shape index (κ3) is 3.78. The molecule has 2 amide bonds. The van der Waals surface area contributed by atoms with Crippen molar-refractivity contribution in [2.24, 2.45) is 5.73 Å².